The van der Waals surface area contributed by atoms with Gasteiger partial charge in [0.2, 0.25) is 11.8 Å². The average molecular weight is 376 g/mol. The number of nitrogens with zero attached hydrogens (tertiary/aromatic N) is 1. The maximum atomic E-state index is 13.7. The first-order valence-corrected chi connectivity index (χ1v) is 9.48. The minimum absolute atomic E-state index is 0.0378. The van der Waals surface area contributed by atoms with Crippen LogP contribution in [0.15, 0.2) is 59.5 Å². The van der Waals surface area contributed by atoms with Crippen molar-refractivity contribution in [2.75, 3.05) is 0 Å². The lowest BCUT2D eigenvalue weighted by atomic mass is 10.2. The molecule has 0 spiro atoms. The summed E-state index contributed by atoms with van der Waals surface area (Å²) in [4.78, 5) is 24.6. The molecule has 26 heavy (non-hydrogen) atoms. The lowest BCUT2D eigenvalue weighted by Gasteiger charge is -2.23. The van der Waals surface area contributed by atoms with Gasteiger partial charge >= 0.3 is 0 Å². The van der Waals surface area contributed by atoms with Gasteiger partial charge in [-0.05, 0) is 24.6 Å². The summed E-state index contributed by atoms with van der Waals surface area (Å²) in [6.45, 7) is -0.0879. The number of carbonyl (C=O) groups excluding carboxylic acids is 2. The van der Waals surface area contributed by atoms with Crippen molar-refractivity contribution in [2.24, 2.45) is 0 Å². The summed E-state index contributed by atoms with van der Waals surface area (Å²) >= 11 is 0. The van der Waals surface area contributed by atoms with Crippen molar-refractivity contribution in [1.29, 1.82) is 0 Å². The fourth-order valence-electron chi connectivity index (χ4n) is 2.85. The summed E-state index contributed by atoms with van der Waals surface area (Å²) in [6.07, 6.45) is 0.0534. The molecule has 1 saturated heterocycles. The molecule has 1 unspecified atom stereocenters. The molecule has 1 aliphatic rings. The van der Waals surface area contributed by atoms with Crippen LogP contribution in [0.25, 0.3) is 0 Å². The zero-order valence-corrected chi connectivity index (χ0v) is 14.6. The van der Waals surface area contributed by atoms with Crippen molar-refractivity contribution in [1.82, 2.24) is 9.62 Å². The van der Waals surface area contributed by atoms with E-state index < -0.39 is 33.7 Å². The molecule has 8 heteroatoms. The van der Waals surface area contributed by atoms with E-state index in [0.717, 1.165) is 0 Å². The fourth-order valence-corrected chi connectivity index (χ4v) is 4.47. The number of nitrogens with one attached hydrogen (secondary N) is 1. The predicted octanol–water partition coefficient (Wildman–Crippen LogP) is 1.82. The highest BCUT2D eigenvalue weighted by Gasteiger charge is 2.44. The number of hydrogen-bond donors (Lipinski definition) is 1. The average Bonchev–Trinajstić information content (AvgIpc) is 3.04. The molecular weight excluding hydrogens is 359 g/mol. The van der Waals surface area contributed by atoms with Gasteiger partial charge in [0.15, 0.2) is 0 Å². The molecule has 136 valence electrons. The van der Waals surface area contributed by atoms with E-state index in [0.29, 0.717) is 4.31 Å². The van der Waals surface area contributed by atoms with Crippen LogP contribution in [0.1, 0.15) is 18.4 Å². The topological polar surface area (TPSA) is 83.6 Å². The normalized spacial score (nSPS) is 17.3. The van der Waals surface area contributed by atoms with E-state index in [1.165, 1.54) is 30.3 Å². The van der Waals surface area contributed by atoms with E-state index in [-0.39, 0.29) is 29.8 Å². The van der Waals surface area contributed by atoms with Crippen molar-refractivity contribution < 1.29 is 22.4 Å². The molecule has 3 rings (SSSR count). The Labute approximate surface area is 150 Å². The minimum Gasteiger partial charge on any atom is -0.350 e. The molecule has 1 atom stereocenters. The van der Waals surface area contributed by atoms with Gasteiger partial charge in [0.25, 0.3) is 10.0 Å². The summed E-state index contributed by atoms with van der Waals surface area (Å²) in [5.41, 5.74) is 0.280. The summed E-state index contributed by atoms with van der Waals surface area (Å²) in [5.74, 6) is -1.72. The van der Waals surface area contributed by atoms with Crippen molar-refractivity contribution in [2.45, 2.75) is 30.3 Å². The van der Waals surface area contributed by atoms with Crippen LogP contribution in [0.2, 0.25) is 0 Å². The fraction of sp³-hybridized carbons (Fsp3) is 0.222. The standard InChI is InChI=1S/C18H17FN2O4S/c19-15-9-5-4-6-13(15)12-20-18(23)16-10-11-17(22)21(16)26(24,25)14-7-2-1-3-8-14/h1-9,16H,10-12H2,(H,20,23). The van der Waals surface area contributed by atoms with E-state index >= 15 is 0 Å². The number of halogens is 1. The first-order valence-electron chi connectivity index (χ1n) is 8.04. The lowest BCUT2D eigenvalue weighted by Crippen LogP contribution is -2.47. The zero-order chi connectivity index (χ0) is 18.7. The van der Waals surface area contributed by atoms with Gasteiger partial charge in [-0.25, -0.2) is 17.1 Å². The maximum absolute atomic E-state index is 13.7. The highest BCUT2D eigenvalue weighted by Crippen LogP contribution is 2.27. The minimum atomic E-state index is -4.12. The summed E-state index contributed by atoms with van der Waals surface area (Å²) in [5, 5.41) is 2.52. The quantitative estimate of drug-likeness (QED) is 0.863. The molecule has 1 N–H and O–H groups in total. The second kappa shape index (κ2) is 7.25. The van der Waals surface area contributed by atoms with Gasteiger partial charge in [-0.2, -0.15) is 0 Å². The molecule has 2 aromatic carbocycles. The second-order valence-electron chi connectivity index (χ2n) is 5.87. The summed E-state index contributed by atoms with van der Waals surface area (Å²) in [7, 11) is -4.12. The molecule has 0 bridgehead atoms. The molecule has 0 saturated carbocycles. The molecule has 0 aromatic heterocycles. The van der Waals surface area contributed by atoms with Crippen molar-refractivity contribution in [3.63, 3.8) is 0 Å². The highest BCUT2D eigenvalue weighted by atomic mass is 32.2. The van der Waals surface area contributed by atoms with Gasteiger partial charge in [-0.3, -0.25) is 9.59 Å². The molecule has 1 heterocycles. The first-order chi connectivity index (χ1) is 12.4. The van der Waals surface area contributed by atoms with Crippen LogP contribution in [0.3, 0.4) is 0 Å². The highest BCUT2D eigenvalue weighted by molar-refractivity contribution is 7.89. The van der Waals surface area contributed by atoms with E-state index in [1.54, 1.807) is 24.3 Å². The summed E-state index contributed by atoms with van der Waals surface area (Å²) < 4.78 is 39.8. The Kier molecular flexibility index (Phi) is 5.03. The van der Waals surface area contributed by atoms with Crippen LogP contribution in [0.4, 0.5) is 4.39 Å². The lowest BCUT2D eigenvalue weighted by molar-refractivity contribution is -0.130. The number of hydrogen-bond acceptors (Lipinski definition) is 4. The van der Waals surface area contributed by atoms with E-state index in [9.17, 15) is 22.4 Å². The molecule has 1 fully saturated rings. The van der Waals surface area contributed by atoms with Crippen LogP contribution in [0.5, 0.6) is 0 Å². The van der Waals surface area contributed by atoms with Gasteiger partial charge < -0.3 is 5.32 Å². The third kappa shape index (κ3) is 3.45. The van der Waals surface area contributed by atoms with Crippen LogP contribution in [-0.2, 0) is 26.2 Å². The molecular formula is C18H17FN2O4S. The maximum Gasteiger partial charge on any atom is 0.267 e. The van der Waals surface area contributed by atoms with Gasteiger partial charge in [0.05, 0.1) is 4.90 Å². The molecule has 0 aliphatic carbocycles. The Morgan fingerprint density at radius 2 is 1.77 bits per heavy atom. The third-order valence-corrected chi connectivity index (χ3v) is 6.02. The molecule has 2 aromatic rings. The smallest absolute Gasteiger partial charge is 0.267 e. The van der Waals surface area contributed by atoms with Crippen LogP contribution in [0, 0.1) is 5.82 Å². The Morgan fingerprint density at radius 3 is 2.46 bits per heavy atom. The predicted molar refractivity (Wildman–Crippen MR) is 91.7 cm³/mol. The Bertz CT molecular complexity index is 931. The second-order valence-corrected chi connectivity index (χ2v) is 7.69. The number of carbonyl (C=O) groups is 2. The van der Waals surface area contributed by atoms with Gasteiger partial charge in [0.1, 0.15) is 11.9 Å². The monoisotopic (exact) mass is 376 g/mol. The SMILES string of the molecule is O=C(NCc1ccccc1F)C1CCC(=O)N1S(=O)(=O)c1ccccc1. The van der Waals surface area contributed by atoms with Gasteiger partial charge in [-0.1, -0.05) is 36.4 Å². The molecule has 6 nitrogen and oxygen atoms in total. The van der Waals surface area contributed by atoms with Crippen LogP contribution < -0.4 is 5.32 Å². The van der Waals surface area contributed by atoms with E-state index in [2.05, 4.69) is 5.32 Å². The van der Waals surface area contributed by atoms with Crippen molar-refractivity contribution in [3.8, 4) is 0 Å². The zero-order valence-electron chi connectivity index (χ0n) is 13.8. The molecule has 1 aliphatic heterocycles. The van der Waals surface area contributed by atoms with Crippen LogP contribution in [-0.4, -0.2) is 30.6 Å². The number of rotatable bonds is 5. The number of benzene rings is 2. The number of sulfonamides is 1. The number of amides is 2. The Hall–Kier alpha value is -2.74. The molecule has 2 amide bonds. The third-order valence-electron chi connectivity index (χ3n) is 4.17. The first kappa shape index (κ1) is 18.1. The van der Waals surface area contributed by atoms with Crippen LogP contribution >= 0.6 is 0 Å². The van der Waals surface area contributed by atoms with Gasteiger partial charge in [0, 0.05) is 18.5 Å². The Balaban J connectivity index is 1.79. The summed E-state index contributed by atoms with van der Waals surface area (Å²) in [6, 6.07) is 12.3. The largest absolute Gasteiger partial charge is 0.350 e. The van der Waals surface area contributed by atoms with Crippen molar-refractivity contribution in [3.05, 3.63) is 66.0 Å². The van der Waals surface area contributed by atoms with E-state index in [4.69, 9.17) is 0 Å². The Morgan fingerprint density at radius 1 is 1.12 bits per heavy atom. The molecule has 0 radical (unpaired) electrons. The van der Waals surface area contributed by atoms with Crippen molar-refractivity contribution >= 4 is 21.8 Å². The van der Waals surface area contributed by atoms with Gasteiger partial charge in [-0.15, -0.1) is 0 Å². The van der Waals surface area contributed by atoms with E-state index in [1.807, 2.05) is 0 Å².